The molecule has 4 aromatic rings. The lowest BCUT2D eigenvalue weighted by Gasteiger charge is -2.29. The van der Waals surface area contributed by atoms with Gasteiger partial charge in [0.25, 0.3) is 0 Å². The molecule has 5 atom stereocenters. The van der Waals surface area contributed by atoms with Crippen molar-refractivity contribution in [1.82, 2.24) is 19.8 Å². The number of amides is 2. The van der Waals surface area contributed by atoms with E-state index < -0.39 is 11.5 Å². The van der Waals surface area contributed by atoms with Crippen molar-refractivity contribution in [1.29, 1.82) is 0 Å². The zero-order chi connectivity index (χ0) is 41.0. The third kappa shape index (κ3) is 7.58. The average Bonchev–Trinajstić information content (AvgIpc) is 4.00. The first-order valence-electron chi connectivity index (χ1n) is 20.6. The molecule has 4 aliphatic rings. The second-order valence-electron chi connectivity index (χ2n) is 17.9. The summed E-state index contributed by atoms with van der Waals surface area (Å²) < 4.78 is 22.7. The zero-order valence-electron chi connectivity index (χ0n) is 34.9. The highest BCUT2D eigenvalue weighted by Gasteiger charge is 2.42. The minimum absolute atomic E-state index is 0.00559. The van der Waals surface area contributed by atoms with Crippen molar-refractivity contribution in [3.63, 3.8) is 0 Å². The first-order valence-corrected chi connectivity index (χ1v) is 20.6. The van der Waals surface area contributed by atoms with Crippen molar-refractivity contribution in [2.24, 2.45) is 28.7 Å². The Kier molecular flexibility index (Phi) is 10.6. The number of methoxy groups -OCH3 is 2. The van der Waals surface area contributed by atoms with E-state index in [0.717, 1.165) is 80.1 Å². The van der Waals surface area contributed by atoms with Gasteiger partial charge < -0.3 is 28.8 Å². The standard InChI is InChI=1S/C46H55N5O7/c1-25(2)32(19-42(52)56-8)44(53)50-21-26(3)13-40(50)43-47-20-38(49-43)29-9-11-31-30(15-29)24-57-41-18-33-28(16-35(31)41)10-12-36-34(33)17-37(48-36)39-14-27(23-55-7)22-51(39)45(54)58-46(4,5)6/h9-12,15-16,18,20,25-27,32,39-40H,13-14,17,19,21-24H2,1-8H3,(H,47,49)/t26-,27-,32-,39-,40-/m0/s1. The molecule has 4 aliphatic heterocycles. The van der Waals surface area contributed by atoms with Gasteiger partial charge in [-0.05, 0) is 103 Å². The molecule has 0 saturated carbocycles. The predicted octanol–water partition coefficient (Wildman–Crippen LogP) is 8.43. The maximum absolute atomic E-state index is 13.9. The molecule has 2 saturated heterocycles. The van der Waals surface area contributed by atoms with Crippen LogP contribution in [0.5, 0.6) is 5.75 Å². The largest absolute Gasteiger partial charge is 0.488 e. The van der Waals surface area contributed by atoms with E-state index in [1.807, 2.05) is 50.6 Å². The van der Waals surface area contributed by atoms with E-state index in [2.05, 4.69) is 54.4 Å². The normalized spacial score (nSPS) is 21.7. The second-order valence-corrected chi connectivity index (χ2v) is 17.9. The number of esters is 1. The number of nitrogens with zero attached hydrogens (tertiary/aromatic N) is 4. The molecule has 1 aromatic heterocycles. The lowest BCUT2D eigenvalue weighted by Crippen LogP contribution is -2.43. The number of carbonyl (C=O) groups excluding carboxylic acids is 3. The number of hydrogen-bond acceptors (Lipinski definition) is 9. The average molecular weight is 790 g/mol. The number of aromatic amines is 1. The number of likely N-dealkylation sites (tertiary alicyclic amines) is 2. The number of aromatic nitrogens is 2. The van der Waals surface area contributed by atoms with Crippen LogP contribution in [0.3, 0.4) is 0 Å². The van der Waals surface area contributed by atoms with Crippen molar-refractivity contribution in [2.45, 2.75) is 91.5 Å². The monoisotopic (exact) mass is 789 g/mol. The Morgan fingerprint density at radius 2 is 1.79 bits per heavy atom. The Hall–Kier alpha value is -5.23. The van der Waals surface area contributed by atoms with E-state index in [0.29, 0.717) is 38.6 Å². The van der Waals surface area contributed by atoms with Gasteiger partial charge in [-0.2, -0.15) is 0 Å². The Morgan fingerprint density at radius 3 is 2.53 bits per heavy atom. The highest BCUT2D eigenvalue weighted by atomic mass is 16.6. The van der Waals surface area contributed by atoms with E-state index in [-0.39, 0.29) is 48.3 Å². The third-order valence-electron chi connectivity index (χ3n) is 12.2. The van der Waals surface area contributed by atoms with Gasteiger partial charge in [0.15, 0.2) is 0 Å². The molecular weight excluding hydrogens is 735 g/mol. The van der Waals surface area contributed by atoms with Crippen LogP contribution in [0.1, 0.15) is 83.8 Å². The number of fused-ring (bicyclic) bond motifs is 6. The van der Waals surface area contributed by atoms with Gasteiger partial charge in [0, 0.05) is 43.8 Å². The van der Waals surface area contributed by atoms with E-state index >= 15 is 0 Å². The number of imidazole rings is 1. The van der Waals surface area contributed by atoms with Gasteiger partial charge in [-0.15, -0.1) is 0 Å². The molecular formula is C46H55N5O7. The number of aliphatic imine (C=N–C) groups is 1. The number of carbonyl (C=O) groups is 3. The van der Waals surface area contributed by atoms with Crippen LogP contribution >= 0.6 is 0 Å². The summed E-state index contributed by atoms with van der Waals surface area (Å²) in [6, 6.07) is 14.6. The number of hydrogen-bond donors (Lipinski definition) is 1. The quantitative estimate of drug-likeness (QED) is 0.167. The topological polar surface area (TPSA) is 136 Å². The number of rotatable bonds is 9. The van der Waals surface area contributed by atoms with Crippen LogP contribution in [-0.4, -0.2) is 89.0 Å². The molecule has 12 heteroatoms. The molecule has 3 aromatic carbocycles. The van der Waals surface area contributed by atoms with Gasteiger partial charge in [0.05, 0.1) is 55.7 Å². The molecule has 0 unspecified atom stereocenters. The number of ether oxygens (including phenoxy) is 4. The van der Waals surface area contributed by atoms with E-state index in [1.54, 1.807) is 7.11 Å². The lowest BCUT2D eigenvalue weighted by atomic mass is 9.90. The van der Waals surface area contributed by atoms with Gasteiger partial charge in [0.2, 0.25) is 5.91 Å². The first kappa shape index (κ1) is 39.6. The van der Waals surface area contributed by atoms with Crippen molar-refractivity contribution < 1.29 is 33.3 Å². The summed E-state index contributed by atoms with van der Waals surface area (Å²) in [5.41, 5.74) is 7.57. The number of nitrogens with one attached hydrogen (secondary N) is 1. The highest BCUT2D eigenvalue weighted by Crippen LogP contribution is 2.45. The molecule has 0 spiro atoms. The maximum atomic E-state index is 13.9. The van der Waals surface area contributed by atoms with Crippen molar-refractivity contribution in [3.8, 4) is 28.1 Å². The Bertz CT molecular complexity index is 2290. The fourth-order valence-electron chi connectivity index (χ4n) is 9.29. The molecule has 2 fully saturated rings. The van der Waals surface area contributed by atoms with Crippen molar-refractivity contribution in [2.75, 3.05) is 33.9 Å². The molecule has 306 valence electrons. The van der Waals surface area contributed by atoms with Crippen LogP contribution in [0.2, 0.25) is 0 Å². The van der Waals surface area contributed by atoms with Crippen LogP contribution in [0, 0.1) is 23.7 Å². The molecule has 0 radical (unpaired) electrons. The van der Waals surface area contributed by atoms with Gasteiger partial charge in [-0.1, -0.05) is 39.0 Å². The summed E-state index contributed by atoms with van der Waals surface area (Å²) in [5.74, 6) is 1.23. The van der Waals surface area contributed by atoms with E-state index in [4.69, 9.17) is 28.9 Å². The van der Waals surface area contributed by atoms with Crippen molar-refractivity contribution >= 4 is 40.1 Å². The van der Waals surface area contributed by atoms with Gasteiger partial charge in [-0.3, -0.25) is 19.5 Å². The summed E-state index contributed by atoms with van der Waals surface area (Å²) in [6.07, 6.45) is 3.82. The number of benzene rings is 3. The Labute approximate surface area is 340 Å². The van der Waals surface area contributed by atoms with Crippen LogP contribution in [-0.2, 0) is 36.8 Å². The molecule has 2 amide bonds. The summed E-state index contributed by atoms with van der Waals surface area (Å²) in [6.45, 7) is 14.0. The van der Waals surface area contributed by atoms with E-state index in [9.17, 15) is 14.4 Å². The first-order chi connectivity index (χ1) is 27.7. The lowest BCUT2D eigenvalue weighted by molar-refractivity contribution is -0.148. The smallest absolute Gasteiger partial charge is 0.410 e. The fraction of sp³-hybridized carbons (Fsp3) is 0.500. The SMILES string of the molecule is COC[C@H]1C[C@@H](C2=Nc3ccc4cc5c(cc4c3C2)OCc2cc(-c3cnc([C@@H]4C[C@H](C)CN4C(=O)[C@@H](CC(=O)OC)C(C)C)[nH]3)ccc2-5)N(C(=O)OC(C)(C)C)C1. The van der Waals surface area contributed by atoms with Gasteiger partial charge in [0.1, 0.15) is 23.8 Å². The predicted molar refractivity (Wildman–Crippen MR) is 222 cm³/mol. The van der Waals surface area contributed by atoms with Crippen LogP contribution in [0.15, 0.2) is 53.7 Å². The molecule has 8 rings (SSSR count). The summed E-state index contributed by atoms with van der Waals surface area (Å²) in [5, 5.41) is 2.21. The summed E-state index contributed by atoms with van der Waals surface area (Å²) in [4.78, 5) is 56.6. The fourth-order valence-corrected chi connectivity index (χ4v) is 9.29. The molecule has 12 nitrogen and oxygen atoms in total. The van der Waals surface area contributed by atoms with Gasteiger partial charge >= 0.3 is 12.1 Å². The minimum Gasteiger partial charge on any atom is -0.488 e. The summed E-state index contributed by atoms with van der Waals surface area (Å²) >= 11 is 0. The summed E-state index contributed by atoms with van der Waals surface area (Å²) in [7, 11) is 3.06. The minimum atomic E-state index is -0.592. The maximum Gasteiger partial charge on any atom is 0.410 e. The number of H-pyrrole nitrogens is 1. The van der Waals surface area contributed by atoms with Crippen molar-refractivity contribution in [3.05, 3.63) is 65.6 Å². The Morgan fingerprint density at radius 1 is 0.983 bits per heavy atom. The molecule has 0 bridgehead atoms. The van der Waals surface area contributed by atoms with Crippen LogP contribution in [0.25, 0.3) is 33.2 Å². The second kappa shape index (κ2) is 15.5. The molecule has 58 heavy (non-hydrogen) atoms. The zero-order valence-corrected chi connectivity index (χ0v) is 34.9. The highest BCUT2D eigenvalue weighted by molar-refractivity contribution is 6.06. The molecule has 5 heterocycles. The van der Waals surface area contributed by atoms with Crippen LogP contribution in [0.4, 0.5) is 10.5 Å². The van der Waals surface area contributed by atoms with Gasteiger partial charge in [-0.25, -0.2) is 9.78 Å². The molecule has 0 aliphatic carbocycles. The Balaban J connectivity index is 1.02. The van der Waals surface area contributed by atoms with E-state index in [1.165, 1.54) is 7.11 Å². The molecule has 1 N–H and O–H groups in total. The van der Waals surface area contributed by atoms with Crippen LogP contribution < -0.4 is 4.74 Å². The third-order valence-corrected chi connectivity index (χ3v) is 12.2.